The zero-order chi connectivity index (χ0) is 13.1. The number of carbonyl (C=O) groups is 1. The van der Waals surface area contributed by atoms with Gasteiger partial charge in [0.15, 0.2) is 0 Å². The van der Waals surface area contributed by atoms with Gasteiger partial charge in [0.1, 0.15) is 12.1 Å². The summed E-state index contributed by atoms with van der Waals surface area (Å²) in [5, 5.41) is 3.99. The monoisotopic (exact) mass is 248 g/mol. The number of anilines is 1. The van der Waals surface area contributed by atoms with Crippen molar-refractivity contribution in [2.45, 2.75) is 0 Å². The van der Waals surface area contributed by atoms with Crippen molar-refractivity contribution in [1.29, 1.82) is 0 Å². The van der Waals surface area contributed by atoms with Crippen LogP contribution >= 0.6 is 0 Å². The van der Waals surface area contributed by atoms with Gasteiger partial charge >= 0.3 is 5.97 Å². The van der Waals surface area contributed by atoms with Crippen LogP contribution in [-0.2, 0) is 4.74 Å². The highest BCUT2D eigenvalue weighted by atomic mass is 16.5. The van der Waals surface area contributed by atoms with Gasteiger partial charge in [0, 0.05) is 6.07 Å². The lowest BCUT2D eigenvalue weighted by molar-refractivity contribution is 0.0587. The molecule has 18 heavy (non-hydrogen) atoms. The summed E-state index contributed by atoms with van der Waals surface area (Å²) in [6.45, 7) is 0. The van der Waals surface area contributed by atoms with Gasteiger partial charge in [-0.25, -0.2) is 14.5 Å². The number of ether oxygens (including phenoxy) is 2. The topological polar surface area (TPSA) is 92.3 Å². The predicted molar refractivity (Wildman–Crippen MR) is 63.7 cm³/mol. The molecule has 2 rings (SSSR count). The number of nitrogens with zero attached hydrogens (tertiary/aromatic N) is 3. The fraction of sp³-hybridized carbons (Fsp3) is 0.182. The third-order valence-electron chi connectivity index (χ3n) is 2.34. The number of benzene rings is 1. The molecule has 0 unspecified atom stereocenters. The van der Waals surface area contributed by atoms with Gasteiger partial charge in [0.2, 0.25) is 0 Å². The van der Waals surface area contributed by atoms with Crippen molar-refractivity contribution in [2.24, 2.45) is 0 Å². The zero-order valence-electron chi connectivity index (χ0n) is 9.95. The summed E-state index contributed by atoms with van der Waals surface area (Å²) in [6.07, 6.45) is 1.41. The van der Waals surface area contributed by atoms with Gasteiger partial charge < -0.3 is 15.2 Å². The Hall–Kier alpha value is -2.57. The molecule has 7 heteroatoms. The Morgan fingerprint density at radius 1 is 1.39 bits per heavy atom. The van der Waals surface area contributed by atoms with Gasteiger partial charge in [0.05, 0.1) is 25.6 Å². The van der Waals surface area contributed by atoms with Crippen molar-refractivity contribution >= 4 is 11.7 Å². The van der Waals surface area contributed by atoms with E-state index in [1.165, 1.54) is 25.2 Å². The average molecular weight is 248 g/mol. The molecule has 0 amide bonds. The van der Waals surface area contributed by atoms with Crippen molar-refractivity contribution < 1.29 is 14.3 Å². The molecular formula is C11H12N4O3. The molecule has 0 saturated carbocycles. The highest BCUT2D eigenvalue weighted by Gasteiger charge is 2.12. The number of nitrogens with two attached hydrogens (primary N) is 1. The minimum atomic E-state index is -0.587. The van der Waals surface area contributed by atoms with Crippen LogP contribution in [0.25, 0.3) is 5.69 Å². The van der Waals surface area contributed by atoms with Gasteiger partial charge in [-0.05, 0) is 12.1 Å². The Morgan fingerprint density at radius 3 is 2.83 bits per heavy atom. The number of carbonyl (C=O) groups excluding carboxylic acids is 1. The van der Waals surface area contributed by atoms with Crippen molar-refractivity contribution in [3.05, 3.63) is 30.4 Å². The lowest BCUT2D eigenvalue weighted by atomic mass is 10.2. The third-order valence-corrected chi connectivity index (χ3v) is 2.34. The van der Waals surface area contributed by atoms with Crippen LogP contribution in [0.4, 0.5) is 5.69 Å². The number of rotatable bonds is 3. The highest BCUT2D eigenvalue weighted by Crippen LogP contribution is 2.23. The molecule has 0 aliphatic heterocycles. The summed E-state index contributed by atoms with van der Waals surface area (Å²) >= 11 is 0. The van der Waals surface area contributed by atoms with E-state index in [2.05, 4.69) is 14.8 Å². The minimum Gasteiger partial charge on any atom is -0.495 e. The maximum atomic E-state index is 11.2. The van der Waals surface area contributed by atoms with Crippen LogP contribution in [0.2, 0.25) is 0 Å². The summed E-state index contributed by atoms with van der Waals surface area (Å²) in [4.78, 5) is 15.1. The molecule has 1 heterocycles. The van der Waals surface area contributed by atoms with Gasteiger partial charge in [-0.1, -0.05) is 0 Å². The van der Waals surface area contributed by atoms with E-state index in [0.29, 0.717) is 17.1 Å². The first kappa shape index (κ1) is 11.9. The zero-order valence-corrected chi connectivity index (χ0v) is 9.95. The first-order valence-electron chi connectivity index (χ1n) is 5.09. The van der Waals surface area contributed by atoms with Crippen molar-refractivity contribution in [3.63, 3.8) is 0 Å². The summed E-state index contributed by atoms with van der Waals surface area (Å²) in [5.41, 5.74) is 6.92. The maximum Gasteiger partial charge on any atom is 0.377 e. The number of methoxy groups -OCH3 is 2. The van der Waals surface area contributed by atoms with Crippen LogP contribution in [0.3, 0.4) is 0 Å². The van der Waals surface area contributed by atoms with E-state index in [-0.39, 0.29) is 5.82 Å². The molecule has 0 aliphatic rings. The fourth-order valence-corrected chi connectivity index (χ4v) is 1.41. The van der Waals surface area contributed by atoms with E-state index in [1.807, 2.05) is 0 Å². The standard InChI is InChI=1S/C11H12N4O3/c1-17-9-5-7(3-4-8(9)12)15-6-13-10(14-15)11(16)18-2/h3-6H,12H2,1-2H3. The Labute approximate surface area is 103 Å². The summed E-state index contributed by atoms with van der Waals surface area (Å²) in [6, 6.07) is 5.13. The second-order valence-electron chi connectivity index (χ2n) is 3.43. The molecule has 0 saturated heterocycles. The lowest BCUT2D eigenvalue weighted by Gasteiger charge is -2.06. The smallest absolute Gasteiger partial charge is 0.377 e. The number of esters is 1. The predicted octanol–water partition coefficient (Wildman–Crippen LogP) is 0.645. The van der Waals surface area contributed by atoms with Crippen LogP contribution in [0.1, 0.15) is 10.6 Å². The van der Waals surface area contributed by atoms with Crippen LogP contribution in [0.5, 0.6) is 5.75 Å². The van der Waals surface area contributed by atoms with E-state index in [9.17, 15) is 4.79 Å². The molecule has 0 spiro atoms. The first-order valence-corrected chi connectivity index (χ1v) is 5.09. The van der Waals surface area contributed by atoms with Crippen LogP contribution in [0, 0.1) is 0 Å². The largest absolute Gasteiger partial charge is 0.495 e. The van der Waals surface area contributed by atoms with Gasteiger partial charge in [-0.3, -0.25) is 0 Å². The molecule has 2 N–H and O–H groups in total. The van der Waals surface area contributed by atoms with Crippen molar-refractivity contribution in [2.75, 3.05) is 20.0 Å². The van der Waals surface area contributed by atoms with Crippen molar-refractivity contribution in [1.82, 2.24) is 14.8 Å². The van der Waals surface area contributed by atoms with E-state index in [1.54, 1.807) is 18.2 Å². The molecule has 94 valence electrons. The van der Waals surface area contributed by atoms with E-state index in [4.69, 9.17) is 10.5 Å². The Bertz CT molecular complexity index is 579. The SMILES string of the molecule is COC(=O)c1ncn(-c2ccc(N)c(OC)c2)n1. The highest BCUT2D eigenvalue weighted by molar-refractivity contribution is 5.84. The molecule has 0 radical (unpaired) electrons. The summed E-state index contributed by atoms with van der Waals surface area (Å²) < 4.78 is 11.1. The Morgan fingerprint density at radius 2 is 2.17 bits per heavy atom. The molecule has 0 bridgehead atoms. The Kier molecular flexibility index (Phi) is 3.13. The third kappa shape index (κ3) is 2.10. The molecule has 1 aromatic heterocycles. The lowest BCUT2D eigenvalue weighted by Crippen LogP contribution is -2.05. The molecule has 2 aromatic rings. The molecule has 1 aromatic carbocycles. The molecule has 0 fully saturated rings. The molecule has 7 nitrogen and oxygen atoms in total. The molecular weight excluding hydrogens is 236 g/mol. The molecule has 0 aliphatic carbocycles. The van der Waals surface area contributed by atoms with E-state index in [0.717, 1.165) is 0 Å². The fourth-order valence-electron chi connectivity index (χ4n) is 1.41. The van der Waals surface area contributed by atoms with Crippen LogP contribution in [0.15, 0.2) is 24.5 Å². The average Bonchev–Trinajstić information content (AvgIpc) is 2.88. The second kappa shape index (κ2) is 4.74. The van der Waals surface area contributed by atoms with Crippen molar-refractivity contribution in [3.8, 4) is 11.4 Å². The Balaban J connectivity index is 2.37. The quantitative estimate of drug-likeness (QED) is 0.633. The summed E-state index contributed by atoms with van der Waals surface area (Å²) in [7, 11) is 2.80. The maximum absolute atomic E-state index is 11.2. The van der Waals surface area contributed by atoms with Gasteiger partial charge in [-0.2, -0.15) is 0 Å². The van der Waals surface area contributed by atoms with E-state index >= 15 is 0 Å². The van der Waals surface area contributed by atoms with Crippen LogP contribution in [-0.4, -0.2) is 35.0 Å². The first-order chi connectivity index (χ1) is 8.65. The van der Waals surface area contributed by atoms with E-state index < -0.39 is 5.97 Å². The number of hydrogen-bond donors (Lipinski definition) is 1. The normalized spacial score (nSPS) is 10.1. The van der Waals surface area contributed by atoms with Gasteiger partial charge in [-0.15, -0.1) is 5.10 Å². The molecule has 0 atom stereocenters. The summed E-state index contributed by atoms with van der Waals surface area (Å²) in [5.74, 6) is -0.0629. The second-order valence-corrected chi connectivity index (χ2v) is 3.43. The van der Waals surface area contributed by atoms with Gasteiger partial charge in [0.25, 0.3) is 5.82 Å². The number of hydrogen-bond acceptors (Lipinski definition) is 6. The number of aromatic nitrogens is 3. The minimum absolute atomic E-state index is 0.00621. The number of nitrogen functional groups attached to an aromatic ring is 1. The van der Waals surface area contributed by atoms with Crippen LogP contribution < -0.4 is 10.5 Å².